The van der Waals surface area contributed by atoms with Crippen molar-refractivity contribution in [2.75, 3.05) is 0 Å². The van der Waals surface area contributed by atoms with Gasteiger partial charge in [-0.2, -0.15) is 0 Å². The molecule has 0 saturated heterocycles. The molecule has 1 aliphatic rings. The summed E-state index contributed by atoms with van der Waals surface area (Å²) in [5, 5.41) is 0. The molecule has 1 aliphatic carbocycles. The summed E-state index contributed by atoms with van der Waals surface area (Å²) in [5.74, 6) is 2.02. The summed E-state index contributed by atoms with van der Waals surface area (Å²) in [5.41, 5.74) is 8.94. The SMILES string of the molecule is C[C@]1(c2ccccc2)c2ccccc2-c2c(-c3nc(-c4ccccc4)nc(-c4ccccc4)n3)cccc21. The largest absolute Gasteiger partial charge is 0.208 e. The molecule has 0 radical (unpaired) electrons. The smallest absolute Gasteiger partial charge is 0.164 e. The first-order valence-corrected chi connectivity index (χ1v) is 12.9. The summed E-state index contributed by atoms with van der Waals surface area (Å²) in [7, 11) is 0. The summed E-state index contributed by atoms with van der Waals surface area (Å²) in [6.45, 7) is 2.33. The summed E-state index contributed by atoms with van der Waals surface area (Å²) in [6.07, 6.45) is 0. The Morgan fingerprint density at radius 2 is 0.895 bits per heavy atom. The van der Waals surface area contributed by atoms with E-state index in [-0.39, 0.29) is 5.41 Å². The standard InChI is InChI=1S/C35H25N3/c1-35(26-18-9-4-10-19-26)29-22-12-11-20-27(29)31-28(21-13-23-30(31)35)34-37-32(24-14-5-2-6-15-24)36-33(38-34)25-16-7-3-8-17-25/h2-23H,1H3/t35-/m0/s1. The third kappa shape index (κ3) is 3.47. The average molecular weight is 488 g/mol. The Morgan fingerprint density at radius 3 is 1.53 bits per heavy atom. The Balaban J connectivity index is 1.51. The van der Waals surface area contributed by atoms with E-state index >= 15 is 0 Å². The van der Waals surface area contributed by atoms with Gasteiger partial charge in [0.1, 0.15) is 0 Å². The first-order chi connectivity index (χ1) is 18.7. The highest BCUT2D eigenvalue weighted by molar-refractivity contribution is 5.92. The van der Waals surface area contributed by atoms with Gasteiger partial charge in [0, 0.05) is 22.1 Å². The van der Waals surface area contributed by atoms with Gasteiger partial charge in [-0.3, -0.25) is 0 Å². The molecule has 0 bridgehead atoms. The number of fused-ring (bicyclic) bond motifs is 3. The van der Waals surface area contributed by atoms with Gasteiger partial charge in [-0.1, -0.05) is 133 Å². The van der Waals surface area contributed by atoms with E-state index in [0.717, 1.165) is 16.7 Å². The number of nitrogens with zero attached hydrogens (tertiary/aromatic N) is 3. The van der Waals surface area contributed by atoms with Crippen molar-refractivity contribution in [1.29, 1.82) is 0 Å². The molecule has 180 valence electrons. The Labute approximate surface area is 222 Å². The second kappa shape index (κ2) is 8.89. The van der Waals surface area contributed by atoms with Gasteiger partial charge in [0.05, 0.1) is 0 Å². The molecule has 0 amide bonds. The molecule has 0 spiro atoms. The molecule has 0 N–H and O–H groups in total. The minimum atomic E-state index is -0.277. The van der Waals surface area contributed by atoms with Gasteiger partial charge < -0.3 is 0 Å². The molecule has 1 atom stereocenters. The van der Waals surface area contributed by atoms with Crippen molar-refractivity contribution in [2.45, 2.75) is 12.3 Å². The van der Waals surface area contributed by atoms with Gasteiger partial charge >= 0.3 is 0 Å². The number of aromatic nitrogens is 3. The topological polar surface area (TPSA) is 38.7 Å². The molecule has 0 aliphatic heterocycles. The molecule has 5 aromatic carbocycles. The Bertz CT molecular complexity index is 1700. The van der Waals surface area contributed by atoms with Gasteiger partial charge in [-0.15, -0.1) is 0 Å². The van der Waals surface area contributed by atoms with Gasteiger partial charge in [0.15, 0.2) is 17.5 Å². The van der Waals surface area contributed by atoms with Crippen molar-refractivity contribution in [1.82, 2.24) is 15.0 Å². The highest BCUT2D eigenvalue weighted by atomic mass is 15.0. The van der Waals surface area contributed by atoms with Crippen LogP contribution in [0.1, 0.15) is 23.6 Å². The molecule has 6 aromatic rings. The third-order valence-corrected chi connectivity index (χ3v) is 7.63. The monoisotopic (exact) mass is 487 g/mol. The van der Waals surface area contributed by atoms with Crippen molar-refractivity contribution < 1.29 is 0 Å². The van der Waals surface area contributed by atoms with Crippen LogP contribution in [0.15, 0.2) is 133 Å². The first-order valence-electron chi connectivity index (χ1n) is 12.9. The second-order valence-corrected chi connectivity index (χ2v) is 9.80. The van der Waals surface area contributed by atoms with E-state index in [1.807, 2.05) is 60.7 Å². The van der Waals surface area contributed by atoms with E-state index in [0.29, 0.717) is 17.5 Å². The fraction of sp³-hybridized carbons (Fsp3) is 0.0571. The summed E-state index contributed by atoms with van der Waals surface area (Å²) in [6, 6.07) is 46.3. The zero-order chi connectivity index (χ0) is 25.5. The van der Waals surface area contributed by atoms with E-state index in [1.165, 1.54) is 27.8 Å². The molecule has 3 nitrogen and oxygen atoms in total. The molecule has 38 heavy (non-hydrogen) atoms. The lowest BCUT2D eigenvalue weighted by molar-refractivity contribution is 0.714. The molecular formula is C35H25N3. The van der Waals surface area contributed by atoms with E-state index in [9.17, 15) is 0 Å². The maximum atomic E-state index is 5.05. The number of benzene rings is 5. The fourth-order valence-corrected chi connectivity index (χ4v) is 5.74. The van der Waals surface area contributed by atoms with Crippen molar-refractivity contribution >= 4 is 0 Å². The Kier molecular flexibility index (Phi) is 5.22. The molecule has 0 unspecified atom stereocenters. The highest BCUT2D eigenvalue weighted by Gasteiger charge is 2.41. The van der Waals surface area contributed by atoms with Crippen LogP contribution in [0.5, 0.6) is 0 Å². The van der Waals surface area contributed by atoms with E-state index < -0.39 is 0 Å². The first kappa shape index (κ1) is 22.3. The minimum absolute atomic E-state index is 0.277. The maximum absolute atomic E-state index is 5.05. The predicted octanol–water partition coefficient (Wildman–Crippen LogP) is 8.21. The van der Waals surface area contributed by atoms with Gasteiger partial charge in [-0.05, 0) is 34.7 Å². The molecule has 0 saturated carbocycles. The fourth-order valence-electron chi connectivity index (χ4n) is 5.74. The van der Waals surface area contributed by atoms with Crippen LogP contribution in [0.2, 0.25) is 0 Å². The van der Waals surface area contributed by atoms with Crippen LogP contribution >= 0.6 is 0 Å². The van der Waals surface area contributed by atoms with E-state index in [1.54, 1.807) is 0 Å². The van der Waals surface area contributed by atoms with Crippen LogP contribution in [0.3, 0.4) is 0 Å². The van der Waals surface area contributed by atoms with Crippen LogP contribution in [0.25, 0.3) is 45.3 Å². The summed E-state index contributed by atoms with van der Waals surface area (Å²) >= 11 is 0. The van der Waals surface area contributed by atoms with Crippen molar-refractivity contribution in [3.63, 3.8) is 0 Å². The van der Waals surface area contributed by atoms with E-state index in [4.69, 9.17) is 15.0 Å². The van der Waals surface area contributed by atoms with Gasteiger partial charge in [0.25, 0.3) is 0 Å². The molecule has 1 aromatic heterocycles. The molecule has 7 rings (SSSR count). The average Bonchev–Trinajstić information content (AvgIpc) is 3.28. The maximum Gasteiger partial charge on any atom is 0.164 e. The van der Waals surface area contributed by atoms with Crippen molar-refractivity contribution in [3.05, 3.63) is 150 Å². The summed E-state index contributed by atoms with van der Waals surface area (Å²) < 4.78 is 0. The number of rotatable bonds is 4. The normalized spacial score (nSPS) is 15.6. The van der Waals surface area contributed by atoms with Gasteiger partial charge in [-0.25, -0.2) is 15.0 Å². The van der Waals surface area contributed by atoms with Crippen LogP contribution < -0.4 is 0 Å². The van der Waals surface area contributed by atoms with Crippen molar-refractivity contribution in [2.24, 2.45) is 0 Å². The molecule has 3 heteroatoms. The van der Waals surface area contributed by atoms with Crippen LogP contribution in [-0.2, 0) is 5.41 Å². The zero-order valence-corrected chi connectivity index (χ0v) is 21.0. The zero-order valence-electron chi connectivity index (χ0n) is 21.0. The second-order valence-electron chi connectivity index (χ2n) is 9.80. The highest BCUT2D eigenvalue weighted by Crippen LogP contribution is 2.54. The number of hydrogen-bond donors (Lipinski definition) is 0. The van der Waals surface area contributed by atoms with E-state index in [2.05, 4.69) is 79.7 Å². The van der Waals surface area contributed by atoms with Crippen molar-refractivity contribution in [3.8, 4) is 45.3 Å². The Morgan fingerprint density at radius 1 is 0.421 bits per heavy atom. The van der Waals surface area contributed by atoms with Crippen LogP contribution in [0, 0.1) is 0 Å². The Hall–Kier alpha value is -4.89. The van der Waals surface area contributed by atoms with Crippen LogP contribution in [0.4, 0.5) is 0 Å². The molecular weight excluding hydrogens is 462 g/mol. The molecule has 1 heterocycles. The minimum Gasteiger partial charge on any atom is -0.208 e. The third-order valence-electron chi connectivity index (χ3n) is 7.63. The lowest BCUT2D eigenvalue weighted by Crippen LogP contribution is -2.22. The van der Waals surface area contributed by atoms with Crippen LogP contribution in [-0.4, -0.2) is 15.0 Å². The summed E-state index contributed by atoms with van der Waals surface area (Å²) in [4.78, 5) is 15.0. The predicted molar refractivity (Wildman–Crippen MR) is 154 cm³/mol. The van der Waals surface area contributed by atoms with Gasteiger partial charge in [0.2, 0.25) is 0 Å². The number of hydrogen-bond acceptors (Lipinski definition) is 3. The lowest BCUT2D eigenvalue weighted by Gasteiger charge is -2.28. The quantitative estimate of drug-likeness (QED) is 0.251. The lowest BCUT2D eigenvalue weighted by atomic mass is 9.74. The molecule has 0 fully saturated rings.